The number of carbonyl (C=O) groups is 1. The molecule has 22 heavy (non-hydrogen) atoms. The van der Waals surface area contributed by atoms with Crippen LogP contribution in [0.5, 0.6) is 0 Å². The quantitative estimate of drug-likeness (QED) is 0.778. The van der Waals surface area contributed by atoms with Crippen LogP contribution in [0.2, 0.25) is 0 Å². The zero-order valence-electron chi connectivity index (χ0n) is 13.4. The largest absolute Gasteiger partial charge is 0.441 e. The molecule has 0 N–H and O–H groups in total. The first kappa shape index (κ1) is 16.0. The van der Waals surface area contributed by atoms with E-state index in [9.17, 15) is 4.79 Å². The molecule has 2 rings (SSSR count). The average Bonchev–Trinajstić information content (AvgIpc) is 2.95. The fourth-order valence-electron chi connectivity index (χ4n) is 2.90. The van der Waals surface area contributed by atoms with E-state index in [2.05, 4.69) is 31.0 Å². The zero-order valence-corrected chi connectivity index (χ0v) is 13.4. The molecule has 0 saturated heterocycles. The summed E-state index contributed by atoms with van der Waals surface area (Å²) in [5.41, 5.74) is 0.504. The van der Waals surface area contributed by atoms with Crippen molar-refractivity contribution in [3.05, 3.63) is 53.7 Å². The molecule has 4 nitrogen and oxygen atoms in total. The van der Waals surface area contributed by atoms with Crippen LogP contribution in [0.15, 0.2) is 41.0 Å². The molecule has 0 saturated carbocycles. The highest BCUT2D eigenvalue weighted by Crippen LogP contribution is 2.38. The van der Waals surface area contributed by atoms with Gasteiger partial charge in [0, 0.05) is 5.41 Å². The molecule has 0 spiro atoms. The van der Waals surface area contributed by atoms with Gasteiger partial charge in [-0.25, -0.2) is 0 Å². The number of aromatic nitrogens is 1. The molecule has 0 radical (unpaired) electrons. The molecule has 1 heterocycles. The molecule has 0 unspecified atom stereocenters. The minimum Gasteiger partial charge on any atom is -0.441 e. The minimum absolute atomic E-state index is 0.00501. The van der Waals surface area contributed by atoms with Crippen molar-refractivity contribution in [3.8, 4) is 6.07 Å². The third kappa shape index (κ3) is 3.25. The standard InChI is InChI=1S/C18H20N2O2/c1-17(2,13-8-6-5-7-9-13)12-18(3,4)15(21)16-20-14(10-19)11-22-16/h5-9,11H,12H2,1-4H3. The predicted octanol–water partition coefficient (Wildman–Crippen LogP) is 4.12. The molecule has 0 amide bonds. The van der Waals surface area contributed by atoms with Gasteiger partial charge in [0.2, 0.25) is 5.78 Å². The number of oxazole rings is 1. The molecule has 1 aromatic heterocycles. The van der Waals surface area contributed by atoms with Crippen LogP contribution in [0.1, 0.15) is 56.1 Å². The van der Waals surface area contributed by atoms with E-state index >= 15 is 0 Å². The van der Waals surface area contributed by atoms with Gasteiger partial charge in [-0.15, -0.1) is 0 Å². The molecule has 0 fully saturated rings. The fourth-order valence-corrected chi connectivity index (χ4v) is 2.90. The Morgan fingerprint density at radius 3 is 2.41 bits per heavy atom. The van der Waals surface area contributed by atoms with Gasteiger partial charge in [-0.3, -0.25) is 4.79 Å². The number of benzene rings is 1. The van der Waals surface area contributed by atoms with Crippen LogP contribution >= 0.6 is 0 Å². The smallest absolute Gasteiger partial charge is 0.264 e. The number of nitriles is 1. The summed E-state index contributed by atoms with van der Waals surface area (Å²) >= 11 is 0. The van der Waals surface area contributed by atoms with E-state index in [1.807, 2.05) is 38.1 Å². The zero-order chi connectivity index (χ0) is 16.4. The number of Topliss-reactive ketones (excluding diaryl/α,β-unsaturated/α-hetero) is 1. The summed E-state index contributed by atoms with van der Waals surface area (Å²) in [7, 11) is 0. The molecule has 0 bridgehead atoms. The van der Waals surface area contributed by atoms with Crippen molar-refractivity contribution in [1.29, 1.82) is 5.26 Å². The van der Waals surface area contributed by atoms with Gasteiger partial charge < -0.3 is 4.42 Å². The Kier molecular flexibility index (Phi) is 4.18. The summed E-state index contributed by atoms with van der Waals surface area (Å²) in [5.74, 6) is -0.177. The van der Waals surface area contributed by atoms with E-state index in [4.69, 9.17) is 9.68 Å². The number of ketones is 1. The second-order valence-electron chi connectivity index (χ2n) is 6.79. The first-order valence-corrected chi connectivity index (χ1v) is 7.22. The second-order valence-corrected chi connectivity index (χ2v) is 6.79. The van der Waals surface area contributed by atoms with E-state index in [1.165, 1.54) is 11.8 Å². The van der Waals surface area contributed by atoms with Crippen molar-refractivity contribution in [3.63, 3.8) is 0 Å². The lowest BCUT2D eigenvalue weighted by Crippen LogP contribution is -2.33. The lowest BCUT2D eigenvalue weighted by atomic mass is 9.69. The summed E-state index contributed by atoms with van der Waals surface area (Å²) < 4.78 is 5.14. The maximum absolute atomic E-state index is 12.6. The maximum Gasteiger partial charge on any atom is 0.264 e. The molecule has 1 aromatic carbocycles. The summed E-state index contributed by atoms with van der Waals surface area (Å²) in [5, 5.41) is 8.79. The molecule has 0 atom stereocenters. The lowest BCUT2D eigenvalue weighted by molar-refractivity contribution is 0.0757. The van der Waals surface area contributed by atoms with Gasteiger partial charge in [-0.1, -0.05) is 58.0 Å². The van der Waals surface area contributed by atoms with Gasteiger partial charge in [0.05, 0.1) is 0 Å². The van der Waals surface area contributed by atoms with Crippen LogP contribution < -0.4 is 0 Å². The van der Waals surface area contributed by atoms with Crippen LogP contribution in [-0.2, 0) is 5.41 Å². The Morgan fingerprint density at radius 1 is 1.23 bits per heavy atom. The summed E-state index contributed by atoms with van der Waals surface area (Å²) in [4.78, 5) is 16.6. The van der Waals surface area contributed by atoms with E-state index < -0.39 is 5.41 Å². The van der Waals surface area contributed by atoms with Gasteiger partial charge in [0.25, 0.3) is 5.89 Å². The highest BCUT2D eigenvalue weighted by Gasteiger charge is 2.38. The Bertz CT molecular complexity index is 706. The lowest BCUT2D eigenvalue weighted by Gasteiger charge is -2.33. The fraction of sp³-hybridized carbons (Fsp3) is 0.389. The van der Waals surface area contributed by atoms with Gasteiger partial charge in [0.15, 0.2) is 5.69 Å². The van der Waals surface area contributed by atoms with E-state index in [0.29, 0.717) is 6.42 Å². The van der Waals surface area contributed by atoms with E-state index in [1.54, 1.807) is 0 Å². The normalized spacial score (nSPS) is 12.0. The summed E-state index contributed by atoms with van der Waals surface area (Å²) in [6, 6.07) is 12.0. The van der Waals surface area contributed by atoms with Crippen molar-refractivity contribution in [2.75, 3.05) is 0 Å². The molecule has 114 valence electrons. The van der Waals surface area contributed by atoms with E-state index in [-0.39, 0.29) is 22.8 Å². The van der Waals surface area contributed by atoms with Crippen molar-refractivity contribution in [1.82, 2.24) is 4.98 Å². The summed E-state index contributed by atoms with van der Waals surface area (Å²) in [6.45, 7) is 8.01. The number of carbonyl (C=O) groups excluding carboxylic acids is 1. The van der Waals surface area contributed by atoms with Crippen LogP contribution in [0.3, 0.4) is 0 Å². The average molecular weight is 296 g/mol. The Labute approximate surface area is 130 Å². The molecule has 0 aliphatic rings. The van der Waals surface area contributed by atoms with Crippen LogP contribution in [-0.4, -0.2) is 10.8 Å². The van der Waals surface area contributed by atoms with Gasteiger partial charge in [-0.2, -0.15) is 10.2 Å². The molecule has 2 aromatic rings. The maximum atomic E-state index is 12.6. The molecular weight excluding hydrogens is 276 g/mol. The first-order valence-electron chi connectivity index (χ1n) is 7.22. The minimum atomic E-state index is -0.642. The Balaban J connectivity index is 2.23. The SMILES string of the molecule is CC(C)(CC(C)(C)c1ccccc1)C(=O)c1nc(C#N)co1. The van der Waals surface area contributed by atoms with Crippen molar-refractivity contribution < 1.29 is 9.21 Å². The predicted molar refractivity (Wildman–Crippen MR) is 83.4 cm³/mol. The van der Waals surface area contributed by atoms with Crippen LogP contribution in [0.25, 0.3) is 0 Å². The summed E-state index contributed by atoms with van der Waals surface area (Å²) in [6.07, 6.45) is 1.86. The number of hydrogen-bond donors (Lipinski definition) is 0. The van der Waals surface area contributed by atoms with Crippen LogP contribution in [0, 0.1) is 16.7 Å². The third-order valence-electron chi connectivity index (χ3n) is 3.87. The molecule has 0 aliphatic heterocycles. The van der Waals surface area contributed by atoms with Gasteiger partial charge in [0.1, 0.15) is 12.3 Å². The highest BCUT2D eigenvalue weighted by atomic mass is 16.3. The van der Waals surface area contributed by atoms with Crippen molar-refractivity contribution in [2.24, 2.45) is 5.41 Å². The van der Waals surface area contributed by atoms with Crippen LogP contribution in [0.4, 0.5) is 0 Å². The number of hydrogen-bond acceptors (Lipinski definition) is 4. The molecular formula is C18H20N2O2. The number of nitrogens with zero attached hydrogens (tertiary/aromatic N) is 2. The highest BCUT2D eigenvalue weighted by molar-refractivity contribution is 5.96. The Morgan fingerprint density at radius 2 is 1.86 bits per heavy atom. The second kappa shape index (κ2) is 5.76. The number of rotatable bonds is 5. The first-order chi connectivity index (χ1) is 10.3. The van der Waals surface area contributed by atoms with Gasteiger partial charge in [-0.05, 0) is 17.4 Å². The monoisotopic (exact) mass is 296 g/mol. The third-order valence-corrected chi connectivity index (χ3v) is 3.87. The van der Waals surface area contributed by atoms with Crippen molar-refractivity contribution >= 4 is 5.78 Å². The molecule has 4 heteroatoms. The molecule has 0 aliphatic carbocycles. The van der Waals surface area contributed by atoms with Gasteiger partial charge >= 0.3 is 0 Å². The van der Waals surface area contributed by atoms with Crippen molar-refractivity contribution in [2.45, 2.75) is 39.5 Å². The topological polar surface area (TPSA) is 66.9 Å². The Hall–Kier alpha value is -2.41. The van der Waals surface area contributed by atoms with E-state index in [0.717, 1.165) is 0 Å².